The standard InChI is InChI=1S/C15H14BrFN4/c1-10(12-4-2-3-5-13(12)17)18-6-11-7-20-15-8-19-14(16)9-21(11)15/h2-5,7-10,18H,6H2,1H3/t10-/m1/s1. The lowest BCUT2D eigenvalue weighted by Crippen LogP contribution is -2.20. The normalized spacial score (nSPS) is 12.7. The number of imidazole rings is 1. The van der Waals surface area contributed by atoms with Crippen molar-refractivity contribution in [2.24, 2.45) is 0 Å². The van der Waals surface area contributed by atoms with Crippen molar-refractivity contribution in [1.29, 1.82) is 0 Å². The summed E-state index contributed by atoms with van der Waals surface area (Å²) in [5.41, 5.74) is 2.44. The highest BCUT2D eigenvalue weighted by Crippen LogP contribution is 2.17. The van der Waals surface area contributed by atoms with E-state index in [1.54, 1.807) is 24.5 Å². The van der Waals surface area contributed by atoms with Crippen LogP contribution in [-0.2, 0) is 6.54 Å². The first-order chi connectivity index (χ1) is 10.1. The van der Waals surface area contributed by atoms with Gasteiger partial charge in [-0.25, -0.2) is 14.4 Å². The summed E-state index contributed by atoms with van der Waals surface area (Å²) < 4.78 is 16.4. The largest absolute Gasteiger partial charge is 0.304 e. The van der Waals surface area contributed by atoms with Crippen molar-refractivity contribution in [3.8, 4) is 0 Å². The van der Waals surface area contributed by atoms with Crippen molar-refractivity contribution >= 4 is 21.6 Å². The van der Waals surface area contributed by atoms with Crippen LogP contribution in [0.3, 0.4) is 0 Å². The Balaban J connectivity index is 1.77. The third kappa shape index (κ3) is 2.96. The minimum absolute atomic E-state index is 0.0815. The number of nitrogens with zero attached hydrogens (tertiary/aromatic N) is 3. The molecule has 3 aromatic rings. The van der Waals surface area contributed by atoms with Gasteiger partial charge in [0.2, 0.25) is 0 Å². The number of fused-ring (bicyclic) bond motifs is 1. The zero-order valence-corrected chi connectivity index (χ0v) is 13.0. The van der Waals surface area contributed by atoms with Gasteiger partial charge in [-0.1, -0.05) is 18.2 Å². The summed E-state index contributed by atoms with van der Waals surface area (Å²) >= 11 is 3.35. The number of nitrogens with one attached hydrogen (secondary N) is 1. The number of aromatic nitrogens is 3. The molecule has 0 fully saturated rings. The van der Waals surface area contributed by atoms with E-state index < -0.39 is 0 Å². The van der Waals surface area contributed by atoms with Gasteiger partial charge < -0.3 is 5.32 Å². The van der Waals surface area contributed by atoms with Gasteiger partial charge in [0.15, 0.2) is 5.65 Å². The quantitative estimate of drug-likeness (QED) is 0.784. The molecule has 0 unspecified atom stereocenters. The Morgan fingerprint density at radius 3 is 2.90 bits per heavy atom. The molecule has 1 aromatic carbocycles. The molecule has 108 valence electrons. The fourth-order valence-electron chi connectivity index (χ4n) is 2.24. The van der Waals surface area contributed by atoms with Gasteiger partial charge in [-0.05, 0) is 28.9 Å². The van der Waals surface area contributed by atoms with Gasteiger partial charge in [0.25, 0.3) is 0 Å². The fraction of sp³-hybridized carbons (Fsp3) is 0.200. The zero-order chi connectivity index (χ0) is 14.8. The first-order valence-electron chi connectivity index (χ1n) is 6.60. The van der Waals surface area contributed by atoms with E-state index in [4.69, 9.17) is 0 Å². The summed E-state index contributed by atoms with van der Waals surface area (Å²) in [4.78, 5) is 8.43. The molecule has 3 rings (SSSR count). The predicted octanol–water partition coefficient (Wildman–Crippen LogP) is 3.48. The first-order valence-corrected chi connectivity index (χ1v) is 7.40. The number of hydrogen-bond acceptors (Lipinski definition) is 3. The maximum Gasteiger partial charge on any atom is 0.155 e. The average Bonchev–Trinajstić information content (AvgIpc) is 2.87. The molecule has 0 saturated heterocycles. The van der Waals surface area contributed by atoms with Crippen LogP contribution in [0.1, 0.15) is 24.2 Å². The lowest BCUT2D eigenvalue weighted by Gasteiger charge is -2.14. The van der Waals surface area contributed by atoms with Crippen molar-refractivity contribution in [3.05, 3.63) is 64.5 Å². The van der Waals surface area contributed by atoms with E-state index in [1.165, 1.54) is 6.07 Å². The molecule has 0 spiro atoms. The Labute approximate surface area is 130 Å². The second-order valence-corrected chi connectivity index (χ2v) is 5.62. The summed E-state index contributed by atoms with van der Waals surface area (Å²) in [6.07, 6.45) is 5.37. The molecule has 1 atom stereocenters. The van der Waals surface area contributed by atoms with Crippen LogP contribution in [0.25, 0.3) is 5.65 Å². The molecule has 0 radical (unpaired) electrons. The molecule has 1 N–H and O–H groups in total. The van der Waals surface area contributed by atoms with Crippen LogP contribution in [0, 0.1) is 5.82 Å². The molecule has 0 aliphatic heterocycles. The van der Waals surface area contributed by atoms with Crippen LogP contribution in [-0.4, -0.2) is 14.4 Å². The molecule has 0 amide bonds. The van der Waals surface area contributed by atoms with Gasteiger partial charge >= 0.3 is 0 Å². The Bertz CT molecular complexity index is 771. The summed E-state index contributed by atoms with van der Waals surface area (Å²) in [7, 11) is 0. The highest BCUT2D eigenvalue weighted by Gasteiger charge is 2.11. The highest BCUT2D eigenvalue weighted by atomic mass is 79.9. The molecule has 0 bridgehead atoms. The maximum atomic E-state index is 13.7. The minimum atomic E-state index is -0.192. The average molecular weight is 349 g/mol. The molecule has 2 aromatic heterocycles. The van der Waals surface area contributed by atoms with Gasteiger partial charge in [0.1, 0.15) is 10.4 Å². The molecule has 0 saturated carbocycles. The van der Waals surface area contributed by atoms with Crippen LogP contribution >= 0.6 is 15.9 Å². The number of rotatable bonds is 4. The molecule has 0 aliphatic rings. The number of benzene rings is 1. The molecular formula is C15H14BrFN4. The van der Waals surface area contributed by atoms with E-state index in [9.17, 15) is 4.39 Å². The minimum Gasteiger partial charge on any atom is -0.304 e. The third-order valence-corrected chi connectivity index (χ3v) is 3.81. The Kier molecular flexibility index (Phi) is 3.98. The molecule has 6 heteroatoms. The molecule has 2 heterocycles. The van der Waals surface area contributed by atoms with Crippen LogP contribution in [0.4, 0.5) is 4.39 Å². The Hall–Kier alpha value is -1.79. The molecule has 4 nitrogen and oxygen atoms in total. The fourth-order valence-corrected chi connectivity index (χ4v) is 2.55. The summed E-state index contributed by atoms with van der Waals surface area (Å²) in [5.74, 6) is -0.192. The maximum absolute atomic E-state index is 13.7. The highest BCUT2D eigenvalue weighted by molar-refractivity contribution is 9.10. The predicted molar refractivity (Wildman–Crippen MR) is 82.3 cm³/mol. The zero-order valence-electron chi connectivity index (χ0n) is 11.4. The van der Waals surface area contributed by atoms with E-state index in [0.717, 1.165) is 15.9 Å². The van der Waals surface area contributed by atoms with Gasteiger partial charge in [-0.2, -0.15) is 0 Å². The third-order valence-electron chi connectivity index (χ3n) is 3.40. The van der Waals surface area contributed by atoms with E-state index in [0.29, 0.717) is 12.1 Å². The summed E-state index contributed by atoms with van der Waals surface area (Å²) in [5, 5.41) is 3.32. The van der Waals surface area contributed by atoms with Crippen molar-refractivity contribution < 1.29 is 4.39 Å². The first kappa shape index (κ1) is 14.2. The molecule has 21 heavy (non-hydrogen) atoms. The van der Waals surface area contributed by atoms with Crippen LogP contribution in [0.15, 0.2) is 47.5 Å². The van der Waals surface area contributed by atoms with E-state index in [2.05, 4.69) is 31.2 Å². The van der Waals surface area contributed by atoms with E-state index in [1.807, 2.05) is 23.6 Å². The van der Waals surface area contributed by atoms with Crippen LogP contribution in [0.2, 0.25) is 0 Å². The summed E-state index contributed by atoms with van der Waals surface area (Å²) in [6.45, 7) is 2.53. The van der Waals surface area contributed by atoms with E-state index >= 15 is 0 Å². The van der Waals surface area contributed by atoms with Crippen molar-refractivity contribution in [1.82, 2.24) is 19.7 Å². The number of hydrogen-bond donors (Lipinski definition) is 1. The lowest BCUT2D eigenvalue weighted by atomic mass is 10.1. The van der Waals surface area contributed by atoms with Crippen LogP contribution < -0.4 is 5.32 Å². The summed E-state index contributed by atoms with van der Waals surface area (Å²) in [6, 6.07) is 6.72. The van der Waals surface area contributed by atoms with E-state index in [-0.39, 0.29) is 11.9 Å². The van der Waals surface area contributed by atoms with Gasteiger partial charge in [0.05, 0.1) is 18.1 Å². The topological polar surface area (TPSA) is 42.2 Å². The van der Waals surface area contributed by atoms with Crippen molar-refractivity contribution in [3.63, 3.8) is 0 Å². The lowest BCUT2D eigenvalue weighted by molar-refractivity contribution is 0.523. The second-order valence-electron chi connectivity index (χ2n) is 4.81. The van der Waals surface area contributed by atoms with Crippen molar-refractivity contribution in [2.75, 3.05) is 0 Å². The smallest absolute Gasteiger partial charge is 0.155 e. The Morgan fingerprint density at radius 2 is 2.10 bits per heavy atom. The van der Waals surface area contributed by atoms with Gasteiger partial charge in [0, 0.05) is 24.3 Å². The van der Waals surface area contributed by atoms with Crippen LogP contribution in [0.5, 0.6) is 0 Å². The second kappa shape index (κ2) is 5.91. The molecule has 0 aliphatic carbocycles. The van der Waals surface area contributed by atoms with Crippen molar-refractivity contribution in [2.45, 2.75) is 19.5 Å². The number of halogens is 2. The monoisotopic (exact) mass is 348 g/mol. The molecular weight excluding hydrogens is 335 g/mol. The van der Waals surface area contributed by atoms with Gasteiger partial charge in [-0.15, -0.1) is 0 Å². The SMILES string of the molecule is C[C@@H](NCc1cnc2cnc(Br)cn12)c1ccccc1F. The Morgan fingerprint density at radius 1 is 1.29 bits per heavy atom. The van der Waals surface area contributed by atoms with Gasteiger partial charge in [-0.3, -0.25) is 4.40 Å².